The van der Waals surface area contributed by atoms with E-state index in [0.717, 1.165) is 27.7 Å². The van der Waals surface area contributed by atoms with Gasteiger partial charge in [0.25, 0.3) is 0 Å². The molecule has 30 heavy (non-hydrogen) atoms. The van der Waals surface area contributed by atoms with Crippen LogP contribution in [-0.4, -0.2) is 46.2 Å². The number of rotatable bonds is 1. The molecule has 3 aromatic rings. The Morgan fingerprint density at radius 3 is 2.83 bits per heavy atom. The molecule has 3 aliphatic heterocycles. The molecule has 1 aromatic heterocycles. The van der Waals surface area contributed by atoms with Crippen molar-refractivity contribution < 1.29 is 53.1 Å². The Morgan fingerprint density at radius 2 is 1.97 bits per heavy atom. The van der Waals surface area contributed by atoms with E-state index < -0.39 is 12.1 Å². The summed E-state index contributed by atoms with van der Waals surface area (Å²) in [4.78, 5) is 32.8. The molecule has 2 amide bonds. The van der Waals surface area contributed by atoms with E-state index in [0.29, 0.717) is 17.9 Å². The van der Waals surface area contributed by atoms with Gasteiger partial charge in [0.05, 0.1) is 12.6 Å². The maximum atomic E-state index is 13.1. The molecular weight excluding hydrogens is 459 g/mol. The first kappa shape index (κ1) is 18.4. The van der Waals surface area contributed by atoms with E-state index in [2.05, 4.69) is 4.98 Å². The van der Waals surface area contributed by atoms with Crippen molar-refractivity contribution in [3.8, 4) is 11.5 Å². The van der Waals surface area contributed by atoms with Gasteiger partial charge in [-0.15, -0.1) is 1.37 Å². The summed E-state index contributed by atoms with van der Waals surface area (Å²) < 4.78 is 18.2. The smallest absolute Gasteiger partial charge is 0.245 e. The van der Waals surface area contributed by atoms with Gasteiger partial charge in [0.2, 0.25) is 11.8 Å². The molecule has 6 rings (SSSR count). The van der Waals surface area contributed by atoms with Gasteiger partial charge in [0, 0.05) is 69.5 Å². The molecule has 4 heterocycles. The van der Waals surface area contributed by atoms with Gasteiger partial charge in [-0.1, -0.05) is 24.3 Å². The number of para-hydroxylation sites is 1. The minimum absolute atomic E-state index is 0. The summed E-state index contributed by atoms with van der Waals surface area (Å²) in [7, 11) is 1.67. The second-order valence-corrected chi connectivity index (χ2v) is 7.67. The largest absolute Gasteiger partial charge is 0.620 e. The first-order valence-corrected chi connectivity index (χ1v) is 9.50. The Bertz CT molecular complexity index is 1230. The van der Waals surface area contributed by atoms with Crippen LogP contribution < -0.4 is 9.47 Å². The third kappa shape index (κ3) is 2.72. The predicted molar refractivity (Wildman–Crippen MR) is 104 cm³/mol. The number of fused-ring (bicyclic) bond motifs is 5. The maximum absolute atomic E-state index is 13.1. The fourth-order valence-electron chi connectivity index (χ4n) is 4.72. The number of aromatic nitrogens is 1. The van der Waals surface area contributed by atoms with Gasteiger partial charge in [0.1, 0.15) is 17.5 Å². The topological polar surface area (TPSA) is 74.9 Å². The van der Waals surface area contributed by atoms with Crippen molar-refractivity contribution >= 4 is 22.7 Å². The molecule has 7 nitrogen and oxygen atoms in total. The molecule has 8 heteroatoms. The van der Waals surface area contributed by atoms with E-state index in [1.165, 1.54) is 4.90 Å². The van der Waals surface area contributed by atoms with Crippen LogP contribution in [0.4, 0.5) is 0 Å². The number of hydrogen-bond donors (Lipinski definition) is 1. The van der Waals surface area contributed by atoms with Gasteiger partial charge in [0.15, 0.2) is 0 Å². The van der Waals surface area contributed by atoms with Gasteiger partial charge < -0.3 is 24.3 Å². The number of H-pyrrole nitrogens is 1. The molecule has 1 N–H and O–H groups in total. The third-order valence-electron chi connectivity index (χ3n) is 6.04. The number of carbonyl (C=O) groups is 2. The number of ether oxygens (including phenoxy) is 2. The second-order valence-electron chi connectivity index (χ2n) is 7.67. The van der Waals surface area contributed by atoms with Crippen LogP contribution in [0.25, 0.3) is 10.9 Å². The first-order chi connectivity index (χ1) is 14.5. The van der Waals surface area contributed by atoms with E-state index in [9.17, 15) is 9.59 Å². The number of likely N-dealkylation sites (N-methyl/N-ethyl adjacent to an activating group) is 1. The summed E-state index contributed by atoms with van der Waals surface area (Å²) in [5.74, 6) is 0.749. The molecule has 149 valence electrons. The number of piperazine rings is 1. The van der Waals surface area contributed by atoms with Gasteiger partial charge in [-0.2, -0.15) is 0 Å². The number of benzene rings is 2. The zero-order valence-electron chi connectivity index (χ0n) is 17.2. The molecule has 0 unspecified atom stereocenters. The molecule has 3 aliphatic rings. The number of nitrogens with zero attached hydrogens (tertiary/aromatic N) is 2. The molecule has 1 saturated heterocycles. The quantitative estimate of drug-likeness (QED) is 0.546. The molecule has 1 radical (unpaired) electrons. The fourth-order valence-corrected chi connectivity index (χ4v) is 4.72. The Labute approximate surface area is 199 Å². The number of nitrogens with one attached hydrogen (secondary N) is 1. The van der Waals surface area contributed by atoms with E-state index in [1.54, 1.807) is 24.1 Å². The standard InChI is InChI=1S/C22H18N3O4.Y/c1-24-10-19(26)25-16(22(24)27)9-14-13-4-2-3-5-15(13)23-20(14)21(25)12-6-7-17-18(8-12)29-11-28-17;/h2-8,11,16,21,23H,9-10H2,1H3;/q-1;/t16-,21-;/m1./s1/i11D;. The maximum Gasteiger partial charge on any atom is 0.245 e. The van der Waals surface area contributed by atoms with Crippen LogP contribution in [0.2, 0.25) is 0 Å². The monoisotopic (exact) mass is 478 g/mol. The van der Waals surface area contributed by atoms with Gasteiger partial charge in [-0.3, -0.25) is 9.59 Å². The summed E-state index contributed by atoms with van der Waals surface area (Å²) in [6, 6.07) is 12.3. The second kappa shape index (κ2) is 7.10. The van der Waals surface area contributed by atoms with E-state index in [-0.39, 0.29) is 57.8 Å². The molecule has 0 saturated carbocycles. The molecule has 2 atom stereocenters. The summed E-state index contributed by atoms with van der Waals surface area (Å²) in [6.07, 6.45) is 0.472. The molecule has 1 fully saturated rings. The molecule has 2 aromatic carbocycles. The molecule has 0 bridgehead atoms. The van der Waals surface area contributed by atoms with Crippen LogP contribution in [0, 0.1) is 6.77 Å². The Hall–Kier alpha value is -2.38. The van der Waals surface area contributed by atoms with E-state index >= 15 is 0 Å². The number of aromatic amines is 1. The normalized spacial score (nSPS) is 23.2. The Morgan fingerprint density at radius 1 is 1.17 bits per heavy atom. The number of amides is 2. The van der Waals surface area contributed by atoms with Gasteiger partial charge in [-0.05, 0) is 29.3 Å². The van der Waals surface area contributed by atoms with Crippen LogP contribution in [-0.2, 0) is 48.7 Å². The van der Waals surface area contributed by atoms with Crippen LogP contribution in [0.1, 0.15) is 24.2 Å². The third-order valence-corrected chi connectivity index (χ3v) is 6.04. The minimum Gasteiger partial charge on any atom is -0.620 e. The van der Waals surface area contributed by atoms with Crippen molar-refractivity contribution in [3.05, 3.63) is 66.1 Å². The van der Waals surface area contributed by atoms with Crippen molar-refractivity contribution in [2.75, 3.05) is 13.6 Å². The van der Waals surface area contributed by atoms with Crippen molar-refractivity contribution in [2.24, 2.45) is 0 Å². The summed E-state index contributed by atoms with van der Waals surface area (Å²) in [5, 5.41) is 1.06. The summed E-state index contributed by atoms with van der Waals surface area (Å²) in [6.45, 7) is -0.225. The fraction of sp³-hybridized carbons (Fsp3) is 0.227. The average molecular weight is 478 g/mol. The molecule has 0 aliphatic carbocycles. The van der Waals surface area contributed by atoms with Crippen molar-refractivity contribution in [3.63, 3.8) is 0 Å². The zero-order valence-corrected chi connectivity index (χ0v) is 19.1. The van der Waals surface area contributed by atoms with Crippen LogP contribution in [0.15, 0.2) is 42.5 Å². The van der Waals surface area contributed by atoms with E-state index in [1.807, 2.05) is 30.3 Å². The molecular formula is C22H18N3O4Y-. The van der Waals surface area contributed by atoms with Crippen LogP contribution in [0.5, 0.6) is 11.5 Å². The SMILES string of the molecule is [2H][C-]1Oc2ccc([C@@H]3c4[nH]c5ccccc5c4C[C@@H]4C(=O)N(C)CC(=O)N34)cc2O1.[Y]. The van der Waals surface area contributed by atoms with Crippen molar-refractivity contribution in [1.82, 2.24) is 14.8 Å². The van der Waals surface area contributed by atoms with Crippen molar-refractivity contribution in [1.29, 1.82) is 0 Å². The number of hydrogen-bond acceptors (Lipinski definition) is 4. The number of carbonyl (C=O) groups excluding carboxylic acids is 2. The van der Waals surface area contributed by atoms with Crippen LogP contribution >= 0.6 is 0 Å². The average Bonchev–Trinajstić information content (AvgIpc) is 3.29. The van der Waals surface area contributed by atoms with Gasteiger partial charge >= 0.3 is 0 Å². The Balaban J connectivity index is 0.00000204. The zero-order chi connectivity index (χ0) is 20.6. The van der Waals surface area contributed by atoms with Gasteiger partial charge in [-0.25, -0.2) is 0 Å². The molecule has 0 spiro atoms. The Kier molecular flexibility index (Phi) is 4.35. The first-order valence-electron chi connectivity index (χ1n) is 10.00. The van der Waals surface area contributed by atoms with Crippen molar-refractivity contribution in [2.45, 2.75) is 18.5 Å². The minimum atomic E-state index is -0.559. The summed E-state index contributed by atoms with van der Waals surface area (Å²) >= 11 is 0. The summed E-state index contributed by atoms with van der Waals surface area (Å²) in [5.41, 5.74) is 3.74. The van der Waals surface area contributed by atoms with Crippen LogP contribution in [0.3, 0.4) is 0 Å². The van der Waals surface area contributed by atoms with E-state index in [4.69, 9.17) is 10.8 Å². The predicted octanol–water partition coefficient (Wildman–Crippen LogP) is 2.37.